The van der Waals surface area contributed by atoms with Crippen molar-refractivity contribution in [1.82, 2.24) is 0 Å². The van der Waals surface area contributed by atoms with Gasteiger partial charge in [0.15, 0.2) is 12.4 Å². The van der Waals surface area contributed by atoms with Gasteiger partial charge in [-0.05, 0) is 24.3 Å². The molecule has 1 fully saturated rings. The number of methoxy groups -OCH3 is 1. The predicted molar refractivity (Wildman–Crippen MR) is 94.0 cm³/mol. The molecule has 0 spiro atoms. The third-order valence-electron chi connectivity index (χ3n) is 4.20. The normalized spacial score (nSPS) is 24.4. The van der Waals surface area contributed by atoms with Gasteiger partial charge in [0.05, 0.1) is 11.1 Å². The van der Waals surface area contributed by atoms with Gasteiger partial charge >= 0.3 is 11.9 Å². The van der Waals surface area contributed by atoms with Crippen LogP contribution >= 0.6 is 0 Å². The molecule has 0 amide bonds. The summed E-state index contributed by atoms with van der Waals surface area (Å²) in [4.78, 5) is 24.5. The molecule has 142 valence electrons. The monoisotopic (exact) mass is 372 g/mol. The maximum atomic E-state index is 12.4. The molecular weight excluding hydrogens is 352 g/mol. The van der Waals surface area contributed by atoms with Gasteiger partial charge in [0.2, 0.25) is 0 Å². The number of ether oxygens (including phenoxy) is 4. The van der Waals surface area contributed by atoms with Gasteiger partial charge < -0.3 is 24.1 Å². The summed E-state index contributed by atoms with van der Waals surface area (Å²) in [6.45, 7) is -0.197. The third-order valence-corrected chi connectivity index (χ3v) is 4.20. The molecule has 2 aromatic rings. The minimum absolute atomic E-state index is 0.197. The van der Waals surface area contributed by atoms with Crippen molar-refractivity contribution in [3.8, 4) is 0 Å². The Morgan fingerprint density at radius 1 is 0.926 bits per heavy atom. The lowest BCUT2D eigenvalue weighted by Crippen LogP contribution is -2.40. The lowest BCUT2D eigenvalue weighted by atomic mass is 10.1. The predicted octanol–water partition coefficient (Wildman–Crippen LogP) is 1.80. The molecule has 1 saturated heterocycles. The van der Waals surface area contributed by atoms with Crippen molar-refractivity contribution in [2.75, 3.05) is 13.7 Å². The Bertz CT molecular complexity index is 762. The first-order valence-electron chi connectivity index (χ1n) is 8.44. The zero-order valence-electron chi connectivity index (χ0n) is 14.7. The molecule has 0 aliphatic carbocycles. The minimum Gasteiger partial charge on any atom is -0.459 e. The number of aliphatic hydroxyl groups is 1. The second kappa shape index (κ2) is 8.77. The summed E-state index contributed by atoms with van der Waals surface area (Å²) in [6, 6.07) is 16.9. The molecule has 1 heterocycles. The maximum absolute atomic E-state index is 12.4. The summed E-state index contributed by atoms with van der Waals surface area (Å²) >= 11 is 0. The maximum Gasteiger partial charge on any atom is 0.338 e. The average Bonchev–Trinajstić information content (AvgIpc) is 3.01. The number of benzene rings is 2. The van der Waals surface area contributed by atoms with Gasteiger partial charge in [0, 0.05) is 7.11 Å². The summed E-state index contributed by atoms with van der Waals surface area (Å²) in [5.41, 5.74) is 0.742. The smallest absolute Gasteiger partial charge is 0.338 e. The van der Waals surface area contributed by atoms with Crippen LogP contribution in [0.3, 0.4) is 0 Å². The van der Waals surface area contributed by atoms with E-state index >= 15 is 0 Å². The third kappa shape index (κ3) is 4.51. The van der Waals surface area contributed by atoms with Gasteiger partial charge in [-0.25, -0.2) is 9.59 Å². The molecule has 27 heavy (non-hydrogen) atoms. The van der Waals surface area contributed by atoms with Gasteiger partial charge in [-0.1, -0.05) is 36.4 Å². The summed E-state index contributed by atoms with van der Waals surface area (Å²) in [7, 11) is 1.37. The van der Waals surface area contributed by atoms with E-state index in [4.69, 9.17) is 18.9 Å². The summed E-state index contributed by atoms with van der Waals surface area (Å²) < 4.78 is 21.3. The van der Waals surface area contributed by atoms with E-state index in [2.05, 4.69) is 0 Å². The number of hydrogen-bond donors (Lipinski definition) is 1. The molecule has 2 aromatic carbocycles. The number of carbonyl (C=O) groups excluding carboxylic acids is 2. The number of hydrogen-bond acceptors (Lipinski definition) is 7. The summed E-state index contributed by atoms with van der Waals surface area (Å²) in [5.74, 6) is -1.12. The van der Waals surface area contributed by atoms with Gasteiger partial charge in [0.1, 0.15) is 18.8 Å². The number of carbonyl (C=O) groups is 2. The van der Waals surface area contributed by atoms with Crippen LogP contribution in [0.2, 0.25) is 0 Å². The SMILES string of the molecule is CO[C@H]1[C@H](OC(=O)c2ccccc2)[C@@H](COC(=O)c2ccccc2)O[C@H]1O. The highest BCUT2D eigenvalue weighted by Gasteiger charge is 2.47. The number of aliphatic hydroxyl groups excluding tert-OH is 1. The second-order valence-corrected chi connectivity index (χ2v) is 5.97. The Kier molecular flexibility index (Phi) is 6.18. The Morgan fingerprint density at radius 2 is 1.48 bits per heavy atom. The van der Waals surface area contributed by atoms with Crippen molar-refractivity contribution in [1.29, 1.82) is 0 Å². The molecule has 7 heteroatoms. The lowest BCUT2D eigenvalue weighted by molar-refractivity contribution is -0.140. The second-order valence-electron chi connectivity index (χ2n) is 5.97. The van der Waals surface area contributed by atoms with E-state index in [1.54, 1.807) is 60.7 Å². The van der Waals surface area contributed by atoms with E-state index in [1.165, 1.54) is 7.11 Å². The van der Waals surface area contributed by atoms with Crippen LogP contribution in [0, 0.1) is 0 Å². The summed E-state index contributed by atoms with van der Waals surface area (Å²) in [5, 5.41) is 10.0. The van der Waals surface area contributed by atoms with Gasteiger partial charge in [0.25, 0.3) is 0 Å². The van der Waals surface area contributed by atoms with Crippen molar-refractivity contribution in [3.63, 3.8) is 0 Å². The van der Waals surface area contributed by atoms with E-state index in [0.29, 0.717) is 11.1 Å². The van der Waals surface area contributed by atoms with E-state index in [0.717, 1.165) is 0 Å². The lowest BCUT2D eigenvalue weighted by Gasteiger charge is -2.22. The minimum atomic E-state index is -1.30. The van der Waals surface area contributed by atoms with Crippen LogP contribution in [-0.4, -0.2) is 55.4 Å². The molecule has 0 bridgehead atoms. The van der Waals surface area contributed by atoms with Crippen LogP contribution < -0.4 is 0 Å². The molecule has 0 saturated carbocycles. The standard InChI is InChI=1S/C20H20O7/c1-24-17-16(27-19(22)14-10-6-3-7-11-14)15(26-20(17)23)12-25-18(21)13-8-4-2-5-9-13/h2-11,15-17,20,23H,12H2,1H3/t15-,16-,17+,20-/m1/s1. The largest absolute Gasteiger partial charge is 0.459 e. The highest BCUT2D eigenvalue weighted by molar-refractivity contribution is 5.90. The average molecular weight is 372 g/mol. The molecule has 0 aromatic heterocycles. The summed E-state index contributed by atoms with van der Waals surface area (Å²) in [6.07, 6.45) is -3.98. The van der Waals surface area contributed by atoms with Gasteiger partial charge in [-0.2, -0.15) is 0 Å². The molecule has 4 atom stereocenters. The fourth-order valence-corrected chi connectivity index (χ4v) is 2.82. The van der Waals surface area contributed by atoms with Crippen LogP contribution in [-0.2, 0) is 18.9 Å². The molecule has 0 unspecified atom stereocenters. The Balaban J connectivity index is 1.67. The van der Waals surface area contributed by atoms with E-state index in [9.17, 15) is 14.7 Å². The van der Waals surface area contributed by atoms with Crippen molar-refractivity contribution in [3.05, 3.63) is 71.8 Å². The van der Waals surface area contributed by atoms with Crippen LogP contribution in [0.25, 0.3) is 0 Å². The first-order valence-corrected chi connectivity index (χ1v) is 8.44. The fraction of sp³-hybridized carbons (Fsp3) is 0.300. The van der Waals surface area contributed by atoms with Crippen LogP contribution in [0.1, 0.15) is 20.7 Å². The Hall–Kier alpha value is -2.74. The fourth-order valence-electron chi connectivity index (χ4n) is 2.82. The van der Waals surface area contributed by atoms with Crippen LogP contribution in [0.15, 0.2) is 60.7 Å². The molecule has 1 aliphatic rings. The molecule has 1 aliphatic heterocycles. The highest BCUT2D eigenvalue weighted by atomic mass is 16.7. The topological polar surface area (TPSA) is 91.3 Å². The van der Waals surface area contributed by atoms with Gasteiger partial charge in [-0.3, -0.25) is 0 Å². The first kappa shape index (κ1) is 19.0. The highest BCUT2D eigenvalue weighted by Crippen LogP contribution is 2.26. The van der Waals surface area contributed by atoms with E-state index in [1.807, 2.05) is 0 Å². The van der Waals surface area contributed by atoms with Crippen molar-refractivity contribution >= 4 is 11.9 Å². The van der Waals surface area contributed by atoms with Crippen LogP contribution in [0.5, 0.6) is 0 Å². The molecule has 0 radical (unpaired) electrons. The van der Waals surface area contributed by atoms with Crippen molar-refractivity contribution in [2.45, 2.75) is 24.6 Å². The van der Waals surface area contributed by atoms with Crippen molar-refractivity contribution in [2.24, 2.45) is 0 Å². The van der Waals surface area contributed by atoms with Gasteiger partial charge in [-0.15, -0.1) is 0 Å². The Labute approximate surface area is 156 Å². The van der Waals surface area contributed by atoms with E-state index in [-0.39, 0.29) is 6.61 Å². The quantitative estimate of drug-likeness (QED) is 0.773. The number of rotatable bonds is 6. The molecule has 3 rings (SSSR count). The van der Waals surface area contributed by atoms with Crippen LogP contribution in [0.4, 0.5) is 0 Å². The Morgan fingerprint density at radius 3 is 2.04 bits per heavy atom. The molecule has 7 nitrogen and oxygen atoms in total. The molecular formula is C20H20O7. The first-order chi connectivity index (χ1) is 13.1. The zero-order chi connectivity index (χ0) is 19.2. The van der Waals surface area contributed by atoms with Crippen molar-refractivity contribution < 1.29 is 33.6 Å². The van der Waals surface area contributed by atoms with E-state index < -0.39 is 36.5 Å². The zero-order valence-corrected chi connectivity index (χ0v) is 14.7. The number of esters is 2. The molecule has 1 N–H and O–H groups in total.